The van der Waals surface area contributed by atoms with Gasteiger partial charge in [0.2, 0.25) is 0 Å². The number of aromatic nitrogens is 1. The van der Waals surface area contributed by atoms with Crippen LogP contribution in [0.15, 0.2) is 12.1 Å². The van der Waals surface area contributed by atoms with E-state index in [1.165, 1.54) is 0 Å². The average Bonchev–Trinajstić information content (AvgIpc) is 2.76. The molecule has 0 aromatic carbocycles. The molecule has 0 bridgehead atoms. The van der Waals surface area contributed by atoms with Crippen molar-refractivity contribution in [3.8, 4) is 0 Å². The Labute approximate surface area is 127 Å². The summed E-state index contributed by atoms with van der Waals surface area (Å²) in [5.74, 6) is 2.02. The van der Waals surface area contributed by atoms with Crippen LogP contribution in [0.25, 0.3) is 0 Å². The second kappa shape index (κ2) is 5.66. The van der Waals surface area contributed by atoms with Crippen LogP contribution in [0.3, 0.4) is 0 Å². The van der Waals surface area contributed by atoms with Crippen LogP contribution in [0.2, 0.25) is 0 Å². The van der Waals surface area contributed by atoms with Crippen LogP contribution in [0.4, 0.5) is 5.82 Å². The fraction of sp³-hybridized carbons (Fsp3) is 0.647. The maximum atomic E-state index is 12.8. The van der Waals surface area contributed by atoms with Crippen LogP contribution < -0.4 is 5.32 Å². The lowest BCUT2D eigenvalue weighted by Crippen LogP contribution is -2.29. The molecular formula is C17H27N3O. The summed E-state index contributed by atoms with van der Waals surface area (Å²) in [5, 5.41) is 3.06. The number of carbonyl (C=O) groups excluding carboxylic acids is 1. The fourth-order valence-corrected chi connectivity index (χ4v) is 2.64. The van der Waals surface area contributed by atoms with Crippen LogP contribution in [0.5, 0.6) is 0 Å². The van der Waals surface area contributed by atoms with E-state index in [-0.39, 0.29) is 11.3 Å². The van der Waals surface area contributed by atoms with Crippen LogP contribution in [-0.4, -0.2) is 35.9 Å². The average molecular weight is 289 g/mol. The molecule has 1 fully saturated rings. The van der Waals surface area contributed by atoms with E-state index in [0.717, 1.165) is 30.2 Å². The molecule has 4 nitrogen and oxygen atoms in total. The number of likely N-dealkylation sites (tertiary alicyclic amines) is 1. The van der Waals surface area contributed by atoms with Crippen LogP contribution in [0.1, 0.15) is 50.7 Å². The number of nitrogens with zero attached hydrogens (tertiary/aromatic N) is 2. The summed E-state index contributed by atoms with van der Waals surface area (Å²) in [4.78, 5) is 19.3. The van der Waals surface area contributed by atoms with Gasteiger partial charge in [0.25, 0.3) is 5.91 Å². The molecule has 0 radical (unpaired) electrons. The Bertz CT molecular complexity index is 523. The van der Waals surface area contributed by atoms with Crippen LogP contribution in [0, 0.1) is 11.8 Å². The van der Waals surface area contributed by atoms with Crippen molar-refractivity contribution in [3.05, 3.63) is 23.4 Å². The molecule has 2 unspecified atom stereocenters. The van der Waals surface area contributed by atoms with Crippen LogP contribution >= 0.6 is 0 Å². The molecule has 4 heteroatoms. The lowest BCUT2D eigenvalue weighted by Gasteiger charge is -2.21. The van der Waals surface area contributed by atoms with Gasteiger partial charge in [-0.15, -0.1) is 0 Å². The van der Waals surface area contributed by atoms with E-state index in [1.807, 2.05) is 24.1 Å². The molecule has 1 aliphatic heterocycles. The van der Waals surface area contributed by atoms with E-state index in [0.29, 0.717) is 11.8 Å². The van der Waals surface area contributed by atoms with Gasteiger partial charge in [-0.3, -0.25) is 4.79 Å². The van der Waals surface area contributed by atoms with Crippen molar-refractivity contribution in [1.82, 2.24) is 9.88 Å². The number of hydrogen-bond acceptors (Lipinski definition) is 3. The predicted molar refractivity (Wildman–Crippen MR) is 86.7 cm³/mol. The topological polar surface area (TPSA) is 45.2 Å². The first-order valence-electron chi connectivity index (χ1n) is 7.72. The Morgan fingerprint density at radius 3 is 2.29 bits per heavy atom. The highest BCUT2D eigenvalue weighted by atomic mass is 16.2. The number of anilines is 1. The minimum atomic E-state index is -0.0759. The summed E-state index contributed by atoms with van der Waals surface area (Å²) in [5.41, 5.74) is 1.60. The zero-order chi connectivity index (χ0) is 15.8. The molecule has 0 spiro atoms. The molecule has 116 valence electrons. The summed E-state index contributed by atoms with van der Waals surface area (Å²) >= 11 is 0. The molecule has 0 aliphatic carbocycles. The van der Waals surface area contributed by atoms with Gasteiger partial charge in [-0.05, 0) is 24.0 Å². The minimum Gasteiger partial charge on any atom is -0.373 e. The quantitative estimate of drug-likeness (QED) is 0.909. The predicted octanol–water partition coefficient (Wildman–Crippen LogP) is 3.15. The van der Waals surface area contributed by atoms with E-state index in [9.17, 15) is 4.79 Å². The van der Waals surface area contributed by atoms with Crippen molar-refractivity contribution in [2.24, 2.45) is 11.8 Å². The molecule has 1 aromatic rings. The molecule has 21 heavy (non-hydrogen) atoms. The van der Waals surface area contributed by atoms with E-state index in [2.05, 4.69) is 44.9 Å². The maximum Gasteiger partial charge on any atom is 0.254 e. The molecule has 2 rings (SSSR count). The van der Waals surface area contributed by atoms with Crippen LogP contribution in [-0.2, 0) is 5.41 Å². The molecular weight excluding hydrogens is 262 g/mol. The normalized spacial score (nSPS) is 22.5. The largest absolute Gasteiger partial charge is 0.373 e. The molecule has 1 N–H and O–H groups in total. The smallest absolute Gasteiger partial charge is 0.254 e. The van der Waals surface area contributed by atoms with Gasteiger partial charge in [-0.1, -0.05) is 34.6 Å². The van der Waals surface area contributed by atoms with Gasteiger partial charge in [0.1, 0.15) is 5.82 Å². The van der Waals surface area contributed by atoms with Gasteiger partial charge in [0.05, 0.1) is 0 Å². The summed E-state index contributed by atoms with van der Waals surface area (Å²) < 4.78 is 0. The number of nitrogens with one attached hydrogen (secondary N) is 1. The van der Waals surface area contributed by atoms with Gasteiger partial charge in [-0.2, -0.15) is 0 Å². The number of carbonyl (C=O) groups is 1. The van der Waals surface area contributed by atoms with Crippen molar-refractivity contribution in [2.45, 2.75) is 40.0 Å². The molecule has 1 aliphatic rings. The van der Waals surface area contributed by atoms with Gasteiger partial charge in [0, 0.05) is 36.8 Å². The summed E-state index contributed by atoms with van der Waals surface area (Å²) in [6.07, 6.45) is 0. The third-order valence-electron chi connectivity index (χ3n) is 4.37. The van der Waals surface area contributed by atoms with Crippen molar-refractivity contribution in [1.29, 1.82) is 0 Å². The van der Waals surface area contributed by atoms with E-state index in [4.69, 9.17) is 0 Å². The van der Waals surface area contributed by atoms with Crippen molar-refractivity contribution in [3.63, 3.8) is 0 Å². The van der Waals surface area contributed by atoms with E-state index < -0.39 is 0 Å². The van der Waals surface area contributed by atoms with Gasteiger partial charge < -0.3 is 10.2 Å². The molecule has 0 saturated carbocycles. The Balaban J connectivity index is 2.33. The van der Waals surface area contributed by atoms with E-state index in [1.54, 1.807) is 0 Å². The third-order valence-corrected chi connectivity index (χ3v) is 4.37. The Hall–Kier alpha value is -1.58. The number of hydrogen-bond donors (Lipinski definition) is 1. The molecule has 1 aromatic heterocycles. The first-order valence-corrected chi connectivity index (χ1v) is 7.72. The standard InChI is InChI=1S/C17H27N3O/c1-11-9-20(10-12(11)2)16(21)13-7-14(17(3,4)5)19-15(8-13)18-6/h7-8,11-12H,9-10H2,1-6H3,(H,18,19). The zero-order valence-electron chi connectivity index (χ0n) is 14.0. The summed E-state index contributed by atoms with van der Waals surface area (Å²) in [6.45, 7) is 12.5. The molecule has 1 saturated heterocycles. The Morgan fingerprint density at radius 1 is 1.24 bits per heavy atom. The first-order chi connectivity index (χ1) is 9.72. The highest BCUT2D eigenvalue weighted by Gasteiger charge is 2.30. The second-order valence-electron chi connectivity index (χ2n) is 7.29. The number of amides is 1. The van der Waals surface area contributed by atoms with Gasteiger partial charge in [-0.25, -0.2) is 4.98 Å². The second-order valence-corrected chi connectivity index (χ2v) is 7.29. The summed E-state index contributed by atoms with van der Waals surface area (Å²) in [6, 6.07) is 3.79. The lowest BCUT2D eigenvalue weighted by atomic mass is 9.90. The SMILES string of the molecule is CNc1cc(C(=O)N2CC(C)C(C)C2)cc(C(C)(C)C)n1. The minimum absolute atomic E-state index is 0.0759. The van der Waals surface area contributed by atoms with E-state index >= 15 is 0 Å². The molecule has 2 atom stereocenters. The lowest BCUT2D eigenvalue weighted by molar-refractivity contribution is 0.0784. The van der Waals surface area contributed by atoms with Crippen molar-refractivity contribution >= 4 is 11.7 Å². The van der Waals surface area contributed by atoms with Gasteiger partial charge in [0.15, 0.2) is 0 Å². The maximum absolute atomic E-state index is 12.8. The third kappa shape index (κ3) is 3.36. The Kier molecular flexibility index (Phi) is 4.26. The first kappa shape index (κ1) is 15.8. The molecule has 1 amide bonds. The monoisotopic (exact) mass is 289 g/mol. The van der Waals surface area contributed by atoms with Gasteiger partial charge >= 0.3 is 0 Å². The summed E-state index contributed by atoms with van der Waals surface area (Å²) in [7, 11) is 1.84. The van der Waals surface area contributed by atoms with Crippen molar-refractivity contribution in [2.75, 3.05) is 25.5 Å². The number of pyridine rings is 1. The highest BCUT2D eigenvalue weighted by molar-refractivity contribution is 5.95. The molecule has 2 heterocycles. The Morgan fingerprint density at radius 2 is 1.81 bits per heavy atom. The number of rotatable bonds is 2. The highest BCUT2D eigenvalue weighted by Crippen LogP contribution is 2.27. The fourth-order valence-electron chi connectivity index (χ4n) is 2.64. The van der Waals surface area contributed by atoms with Crippen molar-refractivity contribution < 1.29 is 4.79 Å². The zero-order valence-corrected chi connectivity index (χ0v) is 14.0.